The lowest BCUT2D eigenvalue weighted by Crippen LogP contribution is -2.37. The summed E-state index contributed by atoms with van der Waals surface area (Å²) in [7, 11) is 0. The van der Waals surface area contributed by atoms with Gasteiger partial charge >= 0.3 is 0 Å². The molecule has 2 unspecified atom stereocenters. The lowest BCUT2D eigenvalue weighted by Gasteiger charge is -2.28. The maximum Gasteiger partial charge on any atom is 0.223 e. The smallest absolute Gasteiger partial charge is 0.223 e. The molecule has 2 aliphatic rings. The van der Waals surface area contributed by atoms with E-state index in [1.165, 1.54) is 12.8 Å². The molecular formula is C15H27NO2. The van der Waals surface area contributed by atoms with Crippen molar-refractivity contribution in [2.45, 2.75) is 59.0 Å². The first-order valence-electron chi connectivity index (χ1n) is 7.34. The second-order valence-electron chi connectivity index (χ2n) is 7.18. The normalized spacial score (nSPS) is 28.1. The highest BCUT2D eigenvalue weighted by atomic mass is 16.3. The Morgan fingerprint density at radius 2 is 1.94 bits per heavy atom. The number of amides is 1. The van der Waals surface area contributed by atoms with E-state index in [-0.39, 0.29) is 17.4 Å². The van der Waals surface area contributed by atoms with Crippen molar-refractivity contribution >= 4 is 5.91 Å². The predicted molar refractivity (Wildman–Crippen MR) is 72.1 cm³/mol. The standard InChI is InChI=1S/C15H27NO2/c1-15(2,3)12-8-14(18)16(9-12)10-13(17)11-6-4-5-7-11/h11-13,17H,4-10H2,1-3H3. The van der Waals surface area contributed by atoms with E-state index in [4.69, 9.17) is 0 Å². The summed E-state index contributed by atoms with van der Waals surface area (Å²) in [6, 6.07) is 0. The molecule has 0 radical (unpaired) electrons. The van der Waals surface area contributed by atoms with Crippen LogP contribution in [0.15, 0.2) is 0 Å². The Labute approximate surface area is 111 Å². The highest BCUT2D eigenvalue weighted by Gasteiger charge is 2.38. The molecule has 0 aromatic carbocycles. The maximum atomic E-state index is 12.0. The van der Waals surface area contributed by atoms with Gasteiger partial charge in [-0.15, -0.1) is 0 Å². The van der Waals surface area contributed by atoms with Gasteiger partial charge in [0.1, 0.15) is 0 Å². The zero-order valence-corrected chi connectivity index (χ0v) is 12.0. The average molecular weight is 253 g/mol. The van der Waals surface area contributed by atoms with E-state index in [9.17, 15) is 9.90 Å². The van der Waals surface area contributed by atoms with Crippen molar-refractivity contribution in [2.24, 2.45) is 17.3 Å². The number of likely N-dealkylation sites (tertiary alicyclic amines) is 1. The number of carbonyl (C=O) groups excluding carboxylic acids is 1. The van der Waals surface area contributed by atoms with E-state index in [1.807, 2.05) is 4.90 Å². The van der Waals surface area contributed by atoms with Gasteiger partial charge in [0.25, 0.3) is 0 Å². The van der Waals surface area contributed by atoms with Gasteiger partial charge < -0.3 is 10.0 Å². The van der Waals surface area contributed by atoms with Crippen LogP contribution in [0.2, 0.25) is 0 Å². The molecule has 0 aromatic heterocycles. The first kappa shape index (κ1) is 13.9. The van der Waals surface area contributed by atoms with Gasteiger partial charge in [-0.3, -0.25) is 4.79 Å². The number of aliphatic hydroxyl groups excluding tert-OH is 1. The molecule has 2 rings (SSSR count). The molecule has 0 bridgehead atoms. The first-order valence-corrected chi connectivity index (χ1v) is 7.34. The third-order valence-electron chi connectivity index (χ3n) is 4.79. The fraction of sp³-hybridized carbons (Fsp3) is 0.933. The third-order valence-corrected chi connectivity index (χ3v) is 4.79. The van der Waals surface area contributed by atoms with Gasteiger partial charge in [-0.2, -0.15) is 0 Å². The molecule has 0 aromatic rings. The van der Waals surface area contributed by atoms with Gasteiger partial charge in [-0.25, -0.2) is 0 Å². The summed E-state index contributed by atoms with van der Waals surface area (Å²) >= 11 is 0. The Morgan fingerprint density at radius 3 is 2.44 bits per heavy atom. The van der Waals surface area contributed by atoms with Crippen LogP contribution in [0.5, 0.6) is 0 Å². The highest BCUT2D eigenvalue weighted by Crippen LogP contribution is 2.35. The number of aliphatic hydroxyl groups is 1. The zero-order valence-electron chi connectivity index (χ0n) is 12.0. The monoisotopic (exact) mass is 253 g/mol. The van der Waals surface area contributed by atoms with Gasteiger partial charge in [0.15, 0.2) is 0 Å². The molecule has 3 nitrogen and oxygen atoms in total. The van der Waals surface area contributed by atoms with Crippen molar-refractivity contribution in [3.63, 3.8) is 0 Å². The topological polar surface area (TPSA) is 40.5 Å². The summed E-state index contributed by atoms with van der Waals surface area (Å²) in [4.78, 5) is 13.9. The van der Waals surface area contributed by atoms with Gasteiger partial charge in [-0.1, -0.05) is 33.6 Å². The van der Waals surface area contributed by atoms with Crippen LogP contribution >= 0.6 is 0 Å². The molecule has 18 heavy (non-hydrogen) atoms. The van der Waals surface area contributed by atoms with E-state index < -0.39 is 0 Å². The minimum absolute atomic E-state index is 0.183. The Morgan fingerprint density at radius 1 is 1.33 bits per heavy atom. The SMILES string of the molecule is CC(C)(C)C1CC(=O)N(CC(O)C2CCCC2)C1. The minimum Gasteiger partial charge on any atom is -0.391 e. The molecule has 1 aliphatic carbocycles. The van der Waals surface area contributed by atoms with Gasteiger partial charge in [0.05, 0.1) is 6.10 Å². The summed E-state index contributed by atoms with van der Waals surface area (Å²) in [6.07, 6.45) is 5.08. The van der Waals surface area contributed by atoms with Crippen molar-refractivity contribution in [1.29, 1.82) is 0 Å². The van der Waals surface area contributed by atoms with Crippen LogP contribution in [0.3, 0.4) is 0 Å². The van der Waals surface area contributed by atoms with E-state index in [2.05, 4.69) is 20.8 Å². The minimum atomic E-state index is -0.310. The fourth-order valence-corrected chi connectivity index (χ4v) is 3.25. The van der Waals surface area contributed by atoms with E-state index in [0.717, 1.165) is 19.4 Å². The third kappa shape index (κ3) is 3.05. The highest BCUT2D eigenvalue weighted by molar-refractivity contribution is 5.78. The summed E-state index contributed by atoms with van der Waals surface area (Å²) in [5, 5.41) is 10.2. The van der Waals surface area contributed by atoms with Gasteiger partial charge in [-0.05, 0) is 30.1 Å². The van der Waals surface area contributed by atoms with Crippen molar-refractivity contribution < 1.29 is 9.90 Å². The largest absolute Gasteiger partial charge is 0.391 e. The van der Waals surface area contributed by atoms with Crippen LogP contribution in [-0.2, 0) is 4.79 Å². The number of carbonyl (C=O) groups is 1. The fourth-order valence-electron chi connectivity index (χ4n) is 3.25. The van der Waals surface area contributed by atoms with Crippen LogP contribution in [0, 0.1) is 17.3 Å². The predicted octanol–water partition coefficient (Wildman–Crippen LogP) is 2.43. The van der Waals surface area contributed by atoms with Crippen molar-refractivity contribution in [1.82, 2.24) is 4.90 Å². The molecule has 1 heterocycles. The summed E-state index contributed by atoms with van der Waals surface area (Å²) in [5.74, 6) is 1.08. The Balaban J connectivity index is 1.88. The first-order chi connectivity index (χ1) is 8.38. The number of rotatable bonds is 3. The van der Waals surface area contributed by atoms with Gasteiger partial charge in [0, 0.05) is 19.5 Å². The number of hydrogen-bond donors (Lipinski definition) is 1. The maximum absolute atomic E-state index is 12.0. The summed E-state index contributed by atoms with van der Waals surface area (Å²) < 4.78 is 0. The van der Waals surface area contributed by atoms with Crippen LogP contribution in [0.1, 0.15) is 52.9 Å². The van der Waals surface area contributed by atoms with Gasteiger partial charge in [0.2, 0.25) is 5.91 Å². The van der Waals surface area contributed by atoms with Crippen LogP contribution in [0.25, 0.3) is 0 Å². The van der Waals surface area contributed by atoms with E-state index >= 15 is 0 Å². The number of hydrogen-bond acceptors (Lipinski definition) is 2. The molecule has 1 amide bonds. The van der Waals surface area contributed by atoms with Crippen molar-refractivity contribution in [3.8, 4) is 0 Å². The molecule has 1 saturated heterocycles. The zero-order chi connectivity index (χ0) is 13.3. The lowest BCUT2D eigenvalue weighted by atomic mass is 9.80. The lowest BCUT2D eigenvalue weighted by molar-refractivity contribution is -0.129. The van der Waals surface area contributed by atoms with Crippen LogP contribution in [-0.4, -0.2) is 35.1 Å². The Hall–Kier alpha value is -0.570. The molecular weight excluding hydrogens is 226 g/mol. The average Bonchev–Trinajstić information content (AvgIpc) is 2.87. The van der Waals surface area contributed by atoms with E-state index in [1.54, 1.807) is 0 Å². The summed E-state index contributed by atoms with van der Waals surface area (Å²) in [5.41, 5.74) is 0.183. The summed E-state index contributed by atoms with van der Waals surface area (Å²) in [6.45, 7) is 7.97. The molecule has 3 heteroatoms. The quantitative estimate of drug-likeness (QED) is 0.839. The number of nitrogens with zero attached hydrogens (tertiary/aromatic N) is 1. The Kier molecular flexibility index (Phi) is 4.00. The second kappa shape index (κ2) is 5.20. The van der Waals surface area contributed by atoms with Crippen molar-refractivity contribution in [2.75, 3.05) is 13.1 Å². The molecule has 2 atom stereocenters. The number of β-amino-alcohol motifs (C(OH)–C–C–N with tert-alkyl or cyclic N) is 1. The molecule has 1 N–H and O–H groups in total. The molecule has 1 aliphatic heterocycles. The molecule has 1 saturated carbocycles. The molecule has 104 valence electrons. The van der Waals surface area contributed by atoms with Crippen LogP contribution < -0.4 is 0 Å². The second-order valence-corrected chi connectivity index (χ2v) is 7.18. The van der Waals surface area contributed by atoms with E-state index in [0.29, 0.717) is 24.8 Å². The molecule has 0 spiro atoms. The Bertz CT molecular complexity index is 302. The van der Waals surface area contributed by atoms with Crippen molar-refractivity contribution in [3.05, 3.63) is 0 Å². The van der Waals surface area contributed by atoms with Crippen LogP contribution in [0.4, 0.5) is 0 Å². The molecule has 2 fully saturated rings.